The Morgan fingerprint density at radius 1 is 1.50 bits per heavy atom. The van der Waals surface area contributed by atoms with Crippen molar-refractivity contribution < 1.29 is 4.92 Å². The van der Waals surface area contributed by atoms with E-state index in [2.05, 4.69) is 10.6 Å². The second kappa shape index (κ2) is 8.31. The van der Waals surface area contributed by atoms with E-state index in [4.69, 9.17) is 5.73 Å². The first kappa shape index (κ1) is 12.7. The molecule has 0 bridgehead atoms. The Hall–Kier alpha value is -1.30. The molecule has 4 N–H and O–H groups in total. The Morgan fingerprint density at radius 2 is 2.21 bits per heavy atom. The minimum atomic E-state index is -0.487. The number of nitrogens with zero attached hydrogens (tertiary/aromatic N) is 1. The summed E-state index contributed by atoms with van der Waals surface area (Å²) in [5.74, 6) is 0.433. The van der Waals surface area contributed by atoms with Crippen LogP contribution in [0.1, 0.15) is 19.3 Å². The van der Waals surface area contributed by atoms with Crippen LogP contribution in [0.4, 0.5) is 0 Å². The van der Waals surface area contributed by atoms with Gasteiger partial charge in [0.15, 0.2) is 5.82 Å². The Labute approximate surface area is 83.7 Å². The normalized spacial score (nSPS) is 11.1. The van der Waals surface area contributed by atoms with Gasteiger partial charge in [-0.25, -0.2) is 0 Å². The summed E-state index contributed by atoms with van der Waals surface area (Å²) < 4.78 is 0. The monoisotopic (exact) mass is 202 g/mol. The van der Waals surface area contributed by atoms with E-state index in [1.165, 1.54) is 0 Å². The first-order valence-corrected chi connectivity index (χ1v) is 4.67. The predicted molar refractivity (Wildman–Crippen MR) is 55.0 cm³/mol. The van der Waals surface area contributed by atoms with Crippen LogP contribution in [-0.4, -0.2) is 25.1 Å². The molecule has 0 aromatic rings. The standard InChI is InChI=1S/C8H18N4O2/c1-10-8(7-12(13)14)11-6-4-2-3-5-9/h7,10-11H,2-6,9H2,1H3. The molecular formula is C8H18N4O2. The highest BCUT2D eigenvalue weighted by Gasteiger charge is 1.98. The Kier molecular flexibility index (Phi) is 7.53. The van der Waals surface area contributed by atoms with Crippen LogP contribution in [0.3, 0.4) is 0 Å². The van der Waals surface area contributed by atoms with E-state index in [1.54, 1.807) is 7.05 Å². The van der Waals surface area contributed by atoms with E-state index in [9.17, 15) is 10.1 Å². The molecule has 0 saturated carbocycles. The van der Waals surface area contributed by atoms with Gasteiger partial charge in [0.05, 0.1) is 4.92 Å². The molecule has 0 aromatic carbocycles. The van der Waals surface area contributed by atoms with Crippen LogP contribution in [0.25, 0.3) is 0 Å². The van der Waals surface area contributed by atoms with E-state index in [-0.39, 0.29) is 0 Å². The quantitative estimate of drug-likeness (QED) is 0.292. The summed E-state index contributed by atoms with van der Waals surface area (Å²) in [6, 6.07) is 0. The van der Waals surface area contributed by atoms with Crippen LogP contribution in [0.15, 0.2) is 12.0 Å². The summed E-state index contributed by atoms with van der Waals surface area (Å²) in [7, 11) is 1.64. The van der Waals surface area contributed by atoms with Crippen molar-refractivity contribution in [1.29, 1.82) is 0 Å². The number of hydrogen-bond acceptors (Lipinski definition) is 5. The van der Waals surface area contributed by atoms with Crippen LogP contribution in [0.2, 0.25) is 0 Å². The van der Waals surface area contributed by atoms with Gasteiger partial charge in [-0.2, -0.15) is 0 Å². The zero-order valence-corrected chi connectivity index (χ0v) is 8.45. The zero-order chi connectivity index (χ0) is 10.8. The van der Waals surface area contributed by atoms with Crippen molar-refractivity contribution in [2.75, 3.05) is 20.1 Å². The largest absolute Gasteiger partial charge is 0.370 e. The van der Waals surface area contributed by atoms with Crippen molar-refractivity contribution in [1.82, 2.24) is 10.6 Å². The number of nitrogens with one attached hydrogen (secondary N) is 2. The molecule has 0 fully saturated rings. The molecule has 0 spiro atoms. The van der Waals surface area contributed by atoms with Gasteiger partial charge < -0.3 is 16.4 Å². The first-order chi connectivity index (χ1) is 6.70. The summed E-state index contributed by atoms with van der Waals surface area (Å²) >= 11 is 0. The molecule has 0 saturated heterocycles. The average molecular weight is 202 g/mol. The average Bonchev–Trinajstić information content (AvgIpc) is 2.15. The fourth-order valence-corrected chi connectivity index (χ4v) is 0.973. The lowest BCUT2D eigenvalue weighted by Crippen LogP contribution is -2.25. The van der Waals surface area contributed by atoms with Gasteiger partial charge in [0.25, 0.3) is 6.20 Å². The second-order valence-electron chi connectivity index (χ2n) is 2.85. The van der Waals surface area contributed by atoms with Crippen LogP contribution in [0.5, 0.6) is 0 Å². The van der Waals surface area contributed by atoms with E-state index in [1.807, 2.05) is 0 Å². The Balaban J connectivity index is 3.58. The molecule has 0 atom stereocenters. The third kappa shape index (κ3) is 7.35. The molecule has 6 heteroatoms. The van der Waals surface area contributed by atoms with Crippen LogP contribution in [-0.2, 0) is 0 Å². The molecule has 82 valence electrons. The Morgan fingerprint density at radius 3 is 2.71 bits per heavy atom. The fraction of sp³-hybridized carbons (Fsp3) is 0.750. The smallest absolute Gasteiger partial charge is 0.274 e. The molecule has 0 aliphatic carbocycles. The number of rotatable bonds is 8. The van der Waals surface area contributed by atoms with Gasteiger partial charge in [0.2, 0.25) is 0 Å². The lowest BCUT2D eigenvalue weighted by atomic mass is 10.2. The van der Waals surface area contributed by atoms with Gasteiger partial charge in [0, 0.05) is 13.6 Å². The van der Waals surface area contributed by atoms with Gasteiger partial charge in [-0.1, -0.05) is 6.42 Å². The van der Waals surface area contributed by atoms with E-state index in [0.29, 0.717) is 12.4 Å². The van der Waals surface area contributed by atoms with Crippen molar-refractivity contribution in [3.05, 3.63) is 22.1 Å². The van der Waals surface area contributed by atoms with Crippen LogP contribution < -0.4 is 16.4 Å². The third-order valence-corrected chi connectivity index (χ3v) is 1.70. The molecule has 0 aliphatic rings. The van der Waals surface area contributed by atoms with E-state index in [0.717, 1.165) is 32.0 Å². The van der Waals surface area contributed by atoms with E-state index < -0.39 is 4.92 Å². The lowest BCUT2D eigenvalue weighted by Gasteiger charge is -2.06. The summed E-state index contributed by atoms with van der Waals surface area (Å²) in [4.78, 5) is 9.65. The van der Waals surface area contributed by atoms with E-state index >= 15 is 0 Å². The van der Waals surface area contributed by atoms with Crippen LogP contribution >= 0.6 is 0 Å². The molecule has 0 amide bonds. The number of unbranched alkanes of at least 4 members (excludes halogenated alkanes) is 2. The molecule has 0 aromatic heterocycles. The highest BCUT2D eigenvalue weighted by molar-refractivity contribution is 4.89. The molecule has 0 rings (SSSR count). The molecule has 0 radical (unpaired) electrons. The van der Waals surface area contributed by atoms with Gasteiger partial charge in [0.1, 0.15) is 0 Å². The molecular weight excluding hydrogens is 184 g/mol. The van der Waals surface area contributed by atoms with Gasteiger partial charge >= 0.3 is 0 Å². The van der Waals surface area contributed by atoms with Gasteiger partial charge in [-0.3, -0.25) is 10.1 Å². The molecule has 0 heterocycles. The first-order valence-electron chi connectivity index (χ1n) is 4.67. The van der Waals surface area contributed by atoms with Crippen molar-refractivity contribution >= 4 is 0 Å². The summed E-state index contributed by atoms with van der Waals surface area (Å²) in [6.45, 7) is 1.42. The maximum absolute atomic E-state index is 10.1. The number of hydrogen-bond donors (Lipinski definition) is 3. The number of nitrogens with two attached hydrogens (primary N) is 1. The maximum Gasteiger partial charge on any atom is 0.274 e. The van der Waals surface area contributed by atoms with Crippen molar-refractivity contribution in [3.63, 3.8) is 0 Å². The topological polar surface area (TPSA) is 93.2 Å². The Bertz CT molecular complexity index is 194. The molecule has 6 nitrogen and oxygen atoms in total. The predicted octanol–water partition coefficient (Wildman–Crippen LogP) is 0.000000000000000333. The molecule has 0 aliphatic heterocycles. The van der Waals surface area contributed by atoms with Crippen molar-refractivity contribution in [2.24, 2.45) is 5.73 Å². The summed E-state index contributed by atoms with van der Waals surface area (Å²) in [5, 5.41) is 15.8. The summed E-state index contributed by atoms with van der Waals surface area (Å²) in [5.41, 5.74) is 5.33. The SMILES string of the molecule is CNC(=C[N+](=O)[O-])NCCCCCN. The highest BCUT2D eigenvalue weighted by atomic mass is 16.6. The van der Waals surface area contributed by atoms with Crippen molar-refractivity contribution in [3.8, 4) is 0 Å². The molecule has 14 heavy (non-hydrogen) atoms. The lowest BCUT2D eigenvalue weighted by molar-refractivity contribution is -0.404. The van der Waals surface area contributed by atoms with Crippen molar-refractivity contribution in [2.45, 2.75) is 19.3 Å². The fourth-order valence-electron chi connectivity index (χ4n) is 0.973. The summed E-state index contributed by atoms with van der Waals surface area (Å²) in [6.07, 6.45) is 3.92. The minimum absolute atomic E-state index is 0.433. The maximum atomic E-state index is 10.1. The third-order valence-electron chi connectivity index (χ3n) is 1.70. The van der Waals surface area contributed by atoms with Gasteiger partial charge in [-0.15, -0.1) is 0 Å². The minimum Gasteiger partial charge on any atom is -0.370 e. The zero-order valence-electron chi connectivity index (χ0n) is 8.45. The van der Waals surface area contributed by atoms with Crippen LogP contribution in [0, 0.1) is 10.1 Å². The second-order valence-corrected chi connectivity index (χ2v) is 2.85. The van der Waals surface area contributed by atoms with Gasteiger partial charge in [-0.05, 0) is 19.4 Å². The highest BCUT2D eigenvalue weighted by Crippen LogP contribution is 1.92. The number of nitro groups is 1. The molecule has 0 unspecified atom stereocenters.